The Morgan fingerprint density at radius 1 is 1.21 bits per heavy atom. The minimum atomic E-state index is -0.330. The molecule has 0 N–H and O–H groups in total. The van der Waals surface area contributed by atoms with Crippen LogP contribution in [0.25, 0.3) is 10.2 Å². The number of esters is 1. The second-order valence-corrected chi connectivity index (χ2v) is 6.65. The summed E-state index contributed by atoms with van der Waals surface area (Å²) < 4.78 is 11.0. The first kappa shape index (κ1) is 15.1. The van der Waals surface area contributed by atoms with E-state index in [1.807, 2.05) is 0 Å². The van der Waals surface area contributed by atoms with Gasteiger partial charge < -0.3 is 9.47 Å². The van der Waals surface area contributed by atoms with Crippen LogP contribution in [0.5, 0.6) is 11.6 Å². The maximum absolute atomic E-state index is 11.7. The predicted molar refractivity (Wildman–Crippen MR) is 91.9 cm³/mol. The Labute approximate surface area is 143 Å². The summed E-state index contributed by atoms with van der Waals surface area (Å²) in [5.41, 5.74) is 1.84. The number of ether oxygens (including phenoxy) is 2. The Hall–Kier alpha value is -2.47. The number of nitrogens with zero attached hydrogens (tertiary/aromatic N) is 2. The topological polar surface area (TPSA) is 61.3 Å². The molecular formula is C18H16N2O3S. The zero-order valence-corrected chi connectivity index (χ0v) is 14.1. The highest BCUT2D eigenvalue weighted by atomic mass is 32.1. The number of aromatic nitrogens is 2. The van der Waals surface area contributed by atoms with Crippen LogP contribution in [0.4, 0.5) is 0 Å². The number of rotatable bonds is 4. The van der Waals surface area contributed by atoms with Gasteiger partial charge in [-0.3, -0.25) is 0 Å². The van der Waals surface area contributed by atoms with Crippen molar-refractivity contribution in [2.45, 2.75) is 26.2 Å². The molecule has 5 nitrogen and oxygen atoms in total. The van der Waals surface area contributed by atoms with Crippen LogP contribution in [0, 0.1) is 0 Å². The van der Waals surface area contributed by atoms with Gasteiger partial charge in [-0.2, -0.15) is 0 Å². The van der Waals surface area contributed by atoms with Crippen LogP contribution in [0.2, 0.25) is 0 Å². The lowest BCUT2D eigenvalue weighted by Crippen LogP contribution is -2.04. The van der Waals surface area contributed by atoms with E-state index in [0.717, 1.165) is 23.1 Å². The molecule has 0 radical (unpaired) electrons. The van der Waals surface area contributed by atoms with Crippen molar-refractivity contribution in [1.82, 2.24) is 9.97 Å². The lowest BCUT2D eigenvalue weighted by atomic mass is 10.2. The molecule has 0 aliphatic heterocycles. The molecule has 1 aliphatic rings. The fourth-order valence-electron chi connectivity index (χ4n) is 2.96. The first-order valence-electron chi connectivity index (χ1n) is 7.96. The molecule has 0 unspecified atom stereocenters. The molecule has 3 aromatic rings. The summed E-state index contributed by atoms with van der Waals surface area (Å²) in [6.45, 7) is 2.15. The SMILES string of the molecule is CCOC(=O)c1ccc(Oc2ncnc3sc4c(c23)CCC4)cc1. The van der Waals surface area contributed by atoms with E-state index < -0.39 is 0 Å². The molecule has 0 atom stereocenters. The van der Waals surface area contributed by atoms with E-state index in [1.54, 1.807) is 42.5 Å². The Balaban J connectivity index is 1.64. The minimum absolute atomic E-state index is 0.330. The van der Waals surface area contributed by atoms with Crippen LogP contribution in [0.3, 0.4) is 0 Å². The van der Waals surface area contributed by atoms with E-state index in [1.165, 1.54) is 23.2 Å². The van der Waals surface area contributed by atoms with Crippen molar-refractivity contribution >= 4 is 27.5 Å². The van der Waals surface area contributed by atoms with Gasteiger partial charge in [0.05, 0.1) is 17.6 Å². The summed E-state index contributed by atoms with van der Waals surface area (Å²) in [5, 5.41) is 1.03. The monoisotopic (exact) mass is 340 g/mol. The number of benzene rings is 1. The second kappa shape index (κ2) is 6.20. The summed E-state index contributed by atoms with van der Waals surface area (Å²) >= 11 is 1.73. The summed E-state index contributed by atoms with van der Waals surface area (Å²) in [7, 11) is 0. The van der Waals surface area contributed by atoms with Crippen LogP contribution in [0.1, 0.15) is 34.1 Å². The van der Waals surface area contributed by atoms with Gasteiger partial charge in [-0.1, -0.05) is 0 Å². The summed E-state index contributed by atoms with van der Waals surface area (Å²) in [6.07, 6.45) is 4.89. The Morgan fingerprint density at radius 2 is 2.04 bits per heavy atom. The quantitative estimate of drug-likeness (QED) is 0.668. The van der Waals surface area contributed by atoms with Crippen LogP contribution in [0.15, 0.2) is 30.6 Å². The summed E-state index contributed by atoms with van der Waals surface area (Å²) in [4.78, 5) is 22.8. The van der Waals surface area contributed by atoms with E-state index in [4.69, 9.17) is 9.47 Å². The maximum Gasteiger partial charge on any atom is 0.338 e. The van der Waals surface area contributed by atoms with E-state index >= 15 is 0 Å². The number of thiophene rings is 1. The van der Waals surface area contributed by atoms with Gasteiger partial charge in [0.1, 0.15) is 16.9 Å². The molecule has 0 bridgehead atoms. The Kier molecular flexibility index (Phi) is 3.90. The predicted octanol–water partition coefficient (Wildman–Crippen LogP) is 4.15. The van der Waals surface area contributed by atoms with Crippen molar-refractivity contribution in [3.8, 4) is 11.6 Å². The zero-order chi connectivity index (χ0) is 16.5. The maximum atomic E-state index is 11.7. The molecule has 2 aromatic heterocycles. The first-order chi connectivity index (χ1) is 11.8. The molecule has 0 saturated heterocycles. The number of hydrogen-bond donors (Lipinski definition) is 0. The van der Waals surface area contributed by atoms with Gasteiger partial charge in [-0.05, 0) is 56.0 Å². The molecule has 122 valence electrons. The van der Waals surface area contributed by atoms with E-state index in [0.29, 0.717) is 23.8 Å². The number of carbonyl (C=O) groups excluding carboxylic acids is 1. The van der Waals surface area contributed by atoms with Crippen LogP contribution < -0.4 is 4.74 Å². The molecule has 2 heterocycles. The molecule has 0 saturated carbocycles. The number of aryl methyl sites for hydroxylation is 2. The molecular weight excluding hydrogens is 324 g/mol. The Bertz CT molecular complexity index is 903. The van der Waals surface area contributed by atoms with Crippen molar-refractivity contribution in [1.29, 1.82) is 0 Å². The fraction of sp³-hybridized carbons (Fsp3) is 0.278. The van der Waals surface area contributed by atoms with Crippen molar-refractivity contribution in [2.75, 3.05) is 6.61 Å². The molecule has 6 heteroatoms. The van der Waals surface area contributed by atoms with Crippen molar-refractivity contribution < 1.29 is 14.3 Å². The average molecular weight is 340 g/mol. The van der Waals surface area contributed by atoms with Crippen molar-refractivity contribution in [3.63, 3.8) is 0 Å². The molecule has 0 fully saturated rings. The van der Waals surface area contributed by atoms with E-state index in [-0.39, 0.29) is 5.97 Å². The fourth-order valence-corrected chi connectivity index (χ4v) is 4.18. The summed E-state index contributed by atoms with van der Waals surface area (Å²) in [5.74, 6) is 0.897. The highest BCUT2D eigenvalue weighted by molar-refractivity contribution is 7.18. The lowest BCUT2D eigenvalue weighted by molar-refractivity contribution is 0.0526. The average Bonchev–Trinajstić information content (AvgIpc) is 3.17. The molecule has 1 aliphatic carbocycles. The third-order valence-electron chi connectivity index (χ3n) is 4.05. The highest BCUT2D eigenvalue weighted by Gasteiger charge is 2.22. The van der Waals surface area contributed by atoms with Crippen molar-refractivity contribution in [2.24, 2.45) is 0 Å². The molecule has 0 amide bonds. The number of hydrogen-bond acceptors (Lipinski definition) is 6. The van der Waals surface area contributed by atoms with Crippen LogP contribution in [-0.2, 0) is 17.6 Å². The molecule has 1 aromatic carbocycles. The zero-order valence-electron chi connectivity index (χ0n) is 13.2. The lowest BCUT2D eigenvalue weighted by Gasteiger charge is -2.07. The van der Waals surface area contributed by atoms with Gasteiger partial charge >= 0.3 is 5.97 Å². The second-order valence-electron chi connectivity index (χ2n) is 5.56. The standard InChI is InChI=1S/C18H16N2O3S/c1-2-22-18(21)11-6-8-12(9-7-11)23-16-15-13-4-3-5-14(13)24-17(15)20-10-19-16/h6-10H,2-5H2,1H3. The molecule has 24 heavy (non-hydrogen) atoms. The van der Waals surface area contributed by atoms with Gasteiger partial charge in [0, 0.05) is 4.88 Å². The van der Waals surface area contributed by atoms with Gasteiger partial charge in [0.25, 0.3) is 0 Å². The van der Waals surface area contributed by atoms with Gasteiger partial charge in [0.15, 0.2) is 0 Å². The third kappa shape index (κ3) is 2.63. The highest BCUT2D eigenvalue weighted by Crippen LogP contribution is 2.40. The van der Waals surface area contributed by atoms with E-state index in [9.17, 15) is 4.79 Å². The molecule has 4 rings (SSSR count). The van der Waals surface area contributed by atoms with Crippen LogP contribution >= 0.6 is 11.3 Å². The number of fused-ring (bicyclic) bond motifs is 3. The van der Waals surface area contributed by atoms with Gasteiger partial charge in [-0.25, -0.2) is 14.8 Å². The minimum Gasteiger partial charge on any atom is -0.462 e. The largest absolute Gasteiger partial charge is 0.462 e. The summed E-state index contributed by atoms with van der Waals surface area (Å²) in [6, 6.07) is 6.91. The van der Waals surface area contributed by atoms with Gasteiger partial charge in [0.2, 0.25) is 5.88 Å². The molecule has 0 spiro atoms. The normalized spacial score (nSPS) is 13.0. The number of carbonyl (C=O) groups is 1. The van der Waals surface area contributed by atoms with Gasteiger partial charge in [-0.15, -0.1) is 11.3 Å². The third-order valence-corrected chi connectivity index (χ3v) is 5.25. The Morgan fingerprint density at radius 3 is 2.83 bits per heavy atom. The first-order valence-corrected chi connectivity index (χ1v) is 8.78. The van der Waals surface area contributed by atoms with E-state index in [2.05, 4.69) is 9.97 Å². The smallest absolute Gasteiger partial charge is 0.338 e. The van der Waals surface area contributed by atoms with Crippen molar-refractivity contribution in [3.05, 3.63) is 46.6 Å². The van der Waals surface area contributed by atoms with Crippen LogP contribution in [-0.4, -0.2) is 22.5 Å².